The van der Waals surface area contributed by atoms with Crippen LogP contribution in [0.15, 0.2) is 36.4 Å². The van der Waals surface area contributed by atoms with Crippen LogP contribution in [0, 0.1) is 11.3 Å². The van der Waals surface area contributed by atoms with E-state index < -0.39 is 0 Å². The predicted octanol–water partition coefficient (Wildman–Crippen LogP) is 2.35. The molecule has 5 nitrogen and oxygen atoms in total. The Labute approximate surface area is 112 Å². The molecule has 0 aliphatic rings. The summed E-state index contributed by atoms with van der Waals surface area (Å²) in [6.45, 7) is 0. The third-order valence-corrected chi connectivity index (χ3v) is 2.68. The smallest absolute Gasteiger partial charge is 0.165 e. The van der Waals surface area contributed by atoms with Crippen molar-refractivity contribution in [3.8, 4) is 6.07 Å². The van der Waals surface area contributed by atoms with Crippen LogP contribution in [0.25, 0.3) is 0 Å². The summed E-state index contributed by atoms with van der Waals surface area (Å²) in [7, 11) is 3.94. The summed E-state index contributed by atoms with van der Waals surface area (Å²) in [5, 5.41) is 12.1. The minimum Gasteiger partial charge on any atom is -0.396 e. The minimum atomic E-state index is 0.229. The average Bonchev–Trinajstić information content (AvgIpc) is 2.41. The molecule has 3 N–H and O–H groups in total. The number of rotatable bonds is 3. The first-order chi connectivity index (χ1) is 9.11. The lowest BCUT2D eigenvalue weighted by Gasteiger charge is -2.18. The standard InChI is InChI=1S/C14H15N5/c1-19(2)13-6-4-3-5-11(13)17-14-8-7-10(16)12(9-15)18-14/h3-8H,16H2,1-2H3,(H,17,18). The molecular weight excluding hydrogens is 238 g/mol. The highest BCUT2D eigenvalue weighted by atomic mass is 15.1. The summed E-state index contributed by atoms with van der Waals surface area (Å²) in [6, 6.07) is 13.3. The Kier molecular flexibility index (Phi) is 3.53. The second-order valence-corrected chi connectivity index (χ2v) is 4.28. The molecule has 0 unspecified atom stereocenters. The van der Waals surface area contributed by atoms with Crippen molar-refractivity contribution < 1.29 is 0 Å². The molecule has 2 rings (SSSR count). The molecular formula is C14H15N5. The Bertz CT molecular complexity index is 628. The first-order valence-corrected chi connectivity index (χ1v) is 5.82. The summed E-state index contributed by atoms with van der Waals surface area (Å²) >= 11 is 0. The van der Waals surface area contributed by atoms with E-state index in [0.717, 1.165) is 11.4 Å². The average molecular weight is 253 g/mol. The van der Waals surface area contributed by atoms with Crippen molar-refractivity contribution in [2.75, 3.05) is 30.0 Å². The van der Waals surface area contributed by atoms with Crippen molar-refractivity contribution in [2.24, 2.45) is 0 Å². The molecule has 0 radical (unpaired) electrons. The van der Waals surface area contributed by atoms with Crippen LogP contribution in [-0.4, -0.2) is 19.1 Å². The number of nitriles is 1. The van der Waals surface area contributed by atoms with Crippen LogP contribution in [0.3, 0.4) is 0 Å². The maximum Gasteiger partial charge on any atom is 0.165 e. The molecule has 0 fully saturated rings. The van der Waals surface area contributed by atoms with E-state index in [9.17, 15) is 0 Å². The number of aromatic nitrogens is 1. The van der Waals surface area contributed by atoms with E-state index in [-0.39, 0.29) is 5.69 Å². The molecule has 19 heavy (non-hydrogen) atoms. The maximum atomic E-state index is 8.92. The van der Waals surface area contributed by atoms with Gasteiger partial charge in [0.1, 0.15) is 11.9 Å². The van der Waals surface area contributed by atoms with Gasteiger partial charge in [0.2, 0.25) is 0 Å². The van der Waals surface area contributed by atoms with Gasteiger partial charge in [0, 0.05) is 14.1 Å². The Balaban J connectivity index is 2.34. The van der Waals surface area contributed by atoms with Gasteiger partial charge in [0.25, 0.3) is 0 Å². The zero-order valence-corrected chi connectivity index (χ0v) is 10.9. The van der Waals surface area contributed by atoms with Crippen molar-refractivity contribution in [1.82, 2.24) is 4.98 Å². The van der Waals surface area contributed by atoms with E-state index in [1.807, 2.05) is 49.3 Å². The number of nitrogens with two attached hydrogens (primary N) is 1. The molecule has 5 heteroatoms. The number of nitrogens with one attached hydrogen (secondary N) is 1. The highest BCUT2D eigenvalue weighted by Crippen LogP contribution is 2.26. The van der Waals surface area contributed by atoms with E-state index in [2.05, 4.69) is 10.3 Å². The zero-order valence-electron chi connectivity index (χ0n) is 10.9. The van der Waals surface area contributed by atoms with Crippen LogP contribution in [0.2, 0.25) is 0 Å². The fourth-order valence-electron chi connectivity index (χ4n) is 1.74. The number of benzene rings is 1. The number of hydrogen-bond donors (Lipinski definition) is 2. The molecule has 1 aromatic carbocycles. The fourth-order valence-corrected chi connectivity index (χ4v) is 1.74. The quantitative estimate of drug-likeness (QED) is 0.877. The molecule has 2 aromatic rings. The van der Waals surface area contributed by atoms with Crippen molar-refractivity contribution >= 4 is 22.9 Å². The number of nitrogen functional groups attached to an aromatic ring is 1. The molecule has 0 spiro atoms. The Morgan fingerprint density at radius 1 is 1.21 bits per heavy atom. The third kappa shape index (κ3) is 2.75. The van der Waals surface area contributed by atoms with Crippen LogP contribution in [-0.2, 0) is 0 Å². The number of hydrogen-bond acceptors (Lipinski definition) is 5. The van der Waals surface area contributed by atoms with Gasteiger partial charge in [-0.05, 0) is 24.3 Å². The normalized spacial score (nSPS) is 9.74. The van der Waals surface area contributed by atoms with Gasteiger partial charge in [0.05, 0.1) is 17.1 Å². The molecule has 0 bridgehead atoms. The van der Waals surface area contributed by atoms with Crippen molar-refractivity contribution in [1.29, 1.82) is 5.26 Å². The molecule has 96 valence electrons. The van der Waals surface area contributed by atoms with Crippen LogP contribution in [0.4, 0.5) is 22.9 Å². The monoisotopic (exact) mass is 253 g/mol. The lowest BCUT2D eigenvalue weighted by atomic mass is 10.2. The van der Waals surface area contributed by atoms with Gasteiger partial charge >= 0.3 is 0 Å². The van der Waals surface area contributed by atoms with Crippen LogP contribution < -0.4 is 16.0 Å². The largest absolute Gasteiger partial charge is 0.396 e. The zero-order chi connectivity index (χ0) is 13.8. The van der Waals surface area contributed by atoms with E-state index >= 15 is 0 Å². The van der Waals surface area contributed by atoms with Crippen molar-refractivity contribution in [2.45, 2.75) is 0 Å². The summed E-state index contributed by atoms with van der Waals surface area (Å²) in [6.07, 6.45) is 0. The molecule has 0 aliphatic carbocycles. The molecule has 0 saturated carbocycles. The van der Waals surface area contributed by atoms with E-state index in [1.54, 1.807) is 12.1 Å². The summed E-state index contributed by atoms with van der Waals surface area (Å²) in [5.74, 6) is 0.597. The van der Waals surface area contributed by atoms with Gasteiger partial charge in [-0.15, -0.1) is 0 Å². The van der Waals surface area contributed by atoms with Crippen LogP contribution in [0.5, 0.6) is 0 Å². The van der Waals surface area contributed by atoms with Crippen LogP contribution >= 0.6 is 0 Å². The lowest BCUT2D eigenvalue weighted by Crippen LogP contribution is -2.11. The molecule has 0 amide bonds. The highest BCUT2D eigenvalue weighted by molar-refractivity contribution is 5.74. The van der Waals surface area contributed by atoms with Gasteiger partial charge < -0.3 is 16.0 Å². The van der Waals surface area contributed by atoms with Gasteiger partial charge in [-0.3, -0.25) is 0 Å². The number of nitrogens with zero attached hydrogens (tertiary/aromatic N) is 3. The fraction of sp³-hybridized carbons (Fsp3) is 0.143. The number of pyridine rings is 1. The maximum absolute atomic E-state index is 8.92. The van der Waals surface area contributed by atoms with Crippen molar-refractivity contribution in [3.05, 3.63) is 42.1 Å². The van der Waals surface area contributed by atoms with E-state index in [1.165, 1.54) is 0 Å². The second kappa shape index (κ2) is 5.27. The molecule has 0 saturated heterocycles. The molecule has 0 atom stereocenters. The van der Waals surface area contributed by atoms with E-state index in [0.29, 0.717) is 11.5 Å². The first kappa shape index (κ1) is 12.7. The Hall–Kier alpha value is -2.74. The SMILES string of the molecule is CN(C)c1ccccc1Nc1ccc(N)c(C#N)n1. The third-order valence-electron chi connectivity index (χ3n) is 2.68. The summed E-state index contributed by atoms with van der Waals surface area (Å²) in [5.41, 5.74) is 8.23. The van der Waals surface area contributed by atoms with Crippen LogP contribution in [0.1, 0.15) is 5.69 Å². The summed E-state index contributed by atoms with van der Waals surface area (Å²) < 4.78 is 0. The minimum absolute atomic E-state index is 0.229. The van der Waals surface area contributed by atoms with Gasteiger partial charge in [-0.2, -0.15) is 5.26 Å². The topological polar surface area (TPSA) is 78.0 Å². The molecule has 1 aromatic heterocycles. The predicted molar refractivity (Wildman–Crippen MR) is 77.4 cm³/mol. The van der Waals surface area contributed by atoms with Gasteiger partial charge in [-0.1, -0.05) is 12.1 Å². The molecule has 1 heterocycles. The van der Waals surface area contributed by atoms with Gasteiger partial charge in [-0.25, -0.2) is 4.98 Å². The second-order valence-electron chi connectivity index (χ2n) is 4.28. The lowest BCUT2D eigenvalue weighted by molar-refractivity contribution is 1.13. The van der Waals surface area contributed by atoms with E-state index in [4.69, 9.17) is 11.0 Å². The van der Waals surface area contributed by atoms with Crippen molar-refractivity contribution in [3.63, 3.8) is 0 Å². The highest BCUT2D eigenvalue weighted by Gasteiger charge is 2.06. The number of anilines is 4. The molecule has 0 aliphatic heterocycles. The van der Waals surface area contributed by atoms with Gasteiger partial charge in [0.15, 0.2) is 5.69 Å². The Morgan fingerprint density at radius 2 is 1.95 bits per heavy atom. The Morgan fingerprint density at radius 3 is 2.63 bits per heavy atom. The number of para-hydroxylation sites is 2. The first-order valence-electron chi connectivity index (χ1n) is 5.82. The summed E-state index contributed by atoms with van der Waals surface area (Å²) in [4.78, 5) is 6.18.